The van der Waals surface area contributed by atoms with Gasteiger partial charge in [0.1, 0.15) is 96.2 Å². The number of hydrogen-bond donors (Lipinski definition) is 5. The van der Waals surface area contributed by atoms with Gasteiger partial charge in [0.15, 0.2) is 23.0 Å². The second kappa shape index (κ2) is 44.6. The van der Waals surface area contributed by atoms with Gasteiger partial charge in [0.05, 0.1) is 47.2 Å². The first-order valence-electron chi connectivity index (χ1n) is 47.6. The molecule has 22 rings (SSSR count). The standard InChI is InChI=1S/C30H31N3O4.C29H29N3O5.C25H23Cl2N3O4.C24H24Cl2N4O4/c1-2-29-31-32-30(37-29)28-17-25-26(8-5-9-27(25)36-28)35-19-24(34)18-33-14-12-21(13-15-33)23-11-10-20-6-3-4-7-22(20)16-23;1-19-30-31-28(36-19)27-16-24-25(7-4-8-26(24)37-27)35-18-23(33)17-32-13-11-29(34,12-14-32)22-10-9-20-5-2-3-6-21(20)15-22;1-15-28-29-25(33-15)24-12-19-22(3-2-4-23(19)34-24)32-14-18(31)13-30-9-7-16(8-10-30)17-5-6-20(26)21(27)11-17;1-15-27-28-24(33-15)23-12-18-21(3-2-4-22(18)34-23)32-14-17(31)13-29-7-9-30(10-8-29)16-5-6-19(25)20(26)11-16/h3-11,16-17,21,24,34H,2,12-15,18-19H2,1H3;2-10,15-16,23,33-34H,11-14,17-18H2,1H3;2-7,11-12,18,31H,8-10,13-14H2,1H3;2-6,11-12,17,31H,7-10,13-14H2,1H3/t24-;23-;18-;17-/m0000/s1. The molecule has 3 fully saturated rings. The number of rotatable bonds is 29. The minimum atomic E-state index is -0.854. The van der Waals surface area contributed by atoms with E-state index in [1.807, 2.05) is 159 Å². The Hall–Kier alpha value is -13.0. The highest BCUT2D eigenvalue weighted by Gasteiger charge is 2.36. The molecule has 5 N–H and O–H groups in total. The number of piperazine rings is 1. The lowest BCUT2D eigenvalue weighted by atomic mass is 9.83. The summed E-state index contributed by atoms with van der Waals surface area (Å²) in [6.45, 7) is 18.2. The molecule has 34 heteroatoms. The maximum Gasteiger partial charge on any atom is 0.283 e. The molecule has 0 unspecified atom stereocenters. The summed E-state index contributed by atoms with van der Waals surface area (Å²) in [6, 6.07) is 70.7. The van der Waals surface area contributed by atoms with E-state index in [2.05, 4.69) is 138 Å². The molecule has 30 nitrogen and oxygen atoms in total. The summed E-state index contributed by atoms with van der Waals surface area (Å²) < 4.78 is 69.3. The molecule has 0 radical (unpaired) electrons. The maximum atomic E-state index is 11.4. The van der Waals surface area contributed by atoms with E-state index in [0.29, 0.717) is 200 Å². The number of β-amino-alcohol motifs (C(OH)–C–C–N with tert-alkyl or cyclic N) is 4. The number of halogens is 4. The normalized spacial score (nSPS) is 16.0. The van der Waals surface area contributed by atoms with Crippen LogP contribution in [0.3, 0.4) is 0 Å². The molecule has 18 aromatic rings. The van der Waals surface area contributed by atoms with E-state index in [0.717, 1.165) is 115 Å². The molecule has 0 saturated carbocycles. The Kier molecular flexibility index (Phi) is 30.7. The van der Waals surface area contributed by atoms with Crippen molar-refractivity contribution in [3.05, 3.63) is 285 Å². The van der Waals surface area contributed by atoms with Gasteiger partial charge in [-0.3, -0.25) is 9.80 Å². The highest BCUT2D eigenvalue weighted by Crippen LogP contribution is 2.42. The zero-order valence-electron chi connectivity index (χ0n) is 78.7. The lowest BCUT2D eigenvalue weighted by Gasteiger charge is -2.39. The Labute approximate surface area is 837 Å². The maximum absolute atomic E-state index is 11.4. The van der Waals surface area contributed by atoms with Crippen LogP contribution in [-0.4, -0.2) is 228 Å². The summed E-state index contributed by atoms with van der Waals surface area (Å²) >= 11 is 24.4. The third-order valence-electron chi connectivity index (χ3n) is 25.9. The third kappa shape index (κ3) is 23.8. The van der Waals surface area contributed by atoms with Crippen LogP contribution in [-0.2, 0) is 12.0 Å². The van der Waals surface area contributed by atoms with E-state index in [4.69, 9.17) is 101 Å². The molecular weight excluding hydrogens is 1890 g/mol. The molecule has 0 amide bonds. The molecule has 4 aliphatic rings. The van der Waals surface area contributed by atoms with Gasteiger partial charge < -0.3 is 94.5 Å². The van der Waals surface area contributed by atoms with Crippen molar-refractivity contribution < 1.29 is 79.8 Å². The highest BCUT2D eigenvalue weighted by atomic mass is 35.5. The van der Waals surface area contributed by atoms with Crippen molar-refractivity contribution in [1.82, 2.24) is 60.4 Å². The minimum Gasteiger partial charge on any atom is -0.490 e. The summed E-state index contributed by atoms with van der Waals surface area (Å²) in [6.07, 6.45) is 4.61. The topological polar surface area (TPSA) is 363 Å². The fraction of sp³-hybridized carbons (Fsp3) is 0.315. The zero-order chi connectivity index (χ0) is 97.9. The number of aliphatic hydroxyl groups excluding tert-OH is 4. The summed E-state index contributed by atoms with van der Waals surface area (Å²) in [5.41, 5.74) is 7.51. The number of hydrogen-bond acceptors (Lipinski definition) is 30. The Morgan fingerprint density at radius 3 is 1.20 bits per heavy atom. The molecular formula is C108H107Cl4N13O17. The summed E-state index contributed by atoms with van der Waals surface area (Å²) in [7, 11) is 0. The molecule has 4 aliphatic heterocycles. The average Bonchev–Trinajstić information content (AvgIpc) is 1.32. The van der Waals surface area contributed by atoms with Gasteiger partial charge in [-0.25, -0.2) is 0 Å². The van der Waals surface area contributed by atoms with Crippen molar-refractivity contribution in [2.75, 3.05) is 123 Å². The number of fused-ring (bicyclic) bond motifs is 6. The molecule has 734 valence electrons. The van der Waals surface area contributed by atoms with E-state index in [1.54, 1.807) is 20.8 Å². The van der Waals surface area contributed by atoms with Crippen molar-refractivity contribution in [1.29, 1.82) is 0 Å². The van der Waals surface area contributed by atoms with Crippen LogP contribution in [0, 0.1) is 20.8 Å². The fourth-order valence-corrected chi connectivity index (χ4v) is 19.0. The van der Waals surface area contributed by atoms with E-state index >= 15 is 0 Å². The predicted octanol–water partition coefficient (Wildman–Crippen LogP) is 20.8. The zero-order valence-corrected chi connectivity index (χ0v) is 81.7. The fourth-order valence-electron chi connectivity index (χ4n) is 18.4. The minimum absolute atomic E-state index is 0.144. The first-order chi connectivity index (χ1) is 69.0. The number of furan rings is 4. The van der Waals surface area contributed by atoms with Crippen molar-refractivity contribution >= 4 is 123 Å². The van der Waals surface area contributed by atoms with E-state index < -0.39 is 30.0 Å². The molecule has 3 saturated heterocycles. The first-order valence-corrected chi connectivity index (χ1v) is 49.1. The van der Waals surface area contributed by atoms with Crippen molar-refractivity contribution in [3.63, 3.8) is 0 Å². The van der Waals surface area contributed by atoms with Crippen molar-refractivity contribution in [3.8, 4) is 69.6 Å². The van der Waals surface area contributed by atoms with Crippen LogP contribution < -0.4 is 23.8 Å². The number of likely N-dealkylation sites (tertiary alicyclic amines) is 2. The third-order valence-corrected chi connectivity index (χ3v) is 27.4. The monoisotopic (exact) mass is 2000 g/mol. The lowest BCUT2D eigenvalue weighted by Crippen LogP contribution is -2.49. The summed E-state index contributed by atoms with van der Waals surface area (Å²) in [5, 5.41) is 95.9. The Balaban J connectivity index is 0.000000120. The van der Waals surface area contributed by atoms with Gasteiger partial charge in [0.25, 0.3) is 23.6 Å². The summed E-state index contributed by atoms with van der Waals surface area (Å²) in [5.74, 6) is 8.30. The second-order valence-electron chi connectivity index (χ2n) is 36.0. The van der Waals surface area contributed by atoms with Gasteiger partial charge in [-0.05, 0) is 180 Å². The van der Waals surface area contributed by atoms with Gasteiger partial charge in [-0.15, -0.1) is 40.8 Å². The number of aliphatic hydroxyl groups is 5. The number of ether oxygens (including phenoxy) is 4. The quantitative estimate of drug-likeness (QED) is 0.0291. The van der Waals surface area contributed by atoms with Crippen LogP contribution in [0.1, 0.15) is 85.2 Å². The molecule has 10 aromatic carbocycles. The van der Waals surface area contributed by atoms with Crippen LogP contribution in [0.5, 0.6) is 23.0 Å². The Morgan fingerprint density at radius 2 is 0.782 bits per heavy atom. The molecule has 8 aromatic heterocycles. The van der Waals surface area contributed by atoms with E-state index in [-0.39, 0.29) is 26.4 Å². The van der Waals surface area contributed by atoms with Gasteiger partial charge in [0, 0.05) is 136 Å². The molecule has 142 heavy (non-hydrogen) atoms. The smallest absolute Gasteiger partial charge is 0.283 e. The van der Waals surface area contributed by atoms with Crippen LogP contribution in [0.25, 0.3) is 118 Å². The van der Waals surface area contributed by atoms with Crippen molar-refractivity contribution in [2.24, 2.45) is 0 Å². The van der Waals surface area contributed by atoms with Gasteiger partial charge in [-0.1, -0.05) is 169 Å². The van der Waals surface area contributed by atoms with Gasteiger partial charge in [-0.2, -0.15) is 0 Å². The Bertz CT molecular complexity index is 7390. The number of aromatic nitrogens is 8. The Morgan fingerprint density at radius 1 is 0.373 bits per heavy atom. The summed E-state index contributed by atoms with van der Waals surface area (Å²) in [4.78, 5) is 11.2. The first kappa shape index (κ1) is 97.8. The average molecular weight is 2000 g/mol. The van der Waals surface area contributed by atoms with Crippen LogP contribution in [0.2, 0.25) is 20.1 Å². The number of benzene rings is 10. The molecule has 0 aliphatic carbocycles. The number of aryl methyl sites for hydroxylation is 4. The number of piperidine rings is 2. The van der Waals surface area contributed by atoms with Crippen LogP contribution in [0.15, 0.2) is 260 Å². The number of nitrogens with zero attached hydrogens (tertiary/aromatic N) is 13. The van der Waals surface area contributed by atoms with E-state index in [9.17, 15) is 25.5 Å². The molecule has 0 bridgehead atoms. The highest BCUT2D eigenvalue weighted by molar-refractivity contribution is 6.42. The van der Waals surface area contributed by atoms with Crippen LogP contribution in [0.4, 0.5) is 5.69 Å². The molecule has 0 spiro atoms. The molecule has 4 atom stereocenters. The molecule has 12 heterocycles. The SMILES string of the molecule is CCc1nnc(-c2cc3c(OC[C@@H](O)CN4CCC(c5ccc6ccccc6c5)CC4)cccc3o2)o1.Cc1nnc(-c2cc3c(OC[C@@H](O)CN4CC=C(c5ccc(Cl)c(Cl)c5)CC4)cccc3o2)o1.Cc1nnc(-c2cc3c(OC[C@@H](O)CN4CCC(O)(c5ccc6ccccc6c5)CC4)cccc3o2)o1.Cc1nnc(-c2cc3c(OC[C@@H](O)CN4CCN(c5ccc(Cl)c(Cl)c5)CC4)cccc3o2)o1. The largest absolute Gasteiger partial charge is 0.490 e. The van der Waals surface area contributed by atoms with E-state index in [1.165, 1.54) is 27.3 Å². The lowest BCUT2D eigenvalue weighted by molar-refractivity contribution is -0.0371. The van der Waals surface area contributed by atoms with Crippen LogP contribution >= 0.6 is 46.4 Å². The van der Waals surface area contributed by atoms with Gasteiger partial charge in [0.2, 0.25) is 23.6 Å². The second-order valence-corrected chi connectivity index (χ2v) is 37.7. The number of anilines is 1. The predicted molar refractivity (Wildman–Crippen MR) is 544 cm³/mol. The van der Waals surface area contributed by atoms with Gasteiger partial charge >= 0.3 is 0 Å². The van der Waals surface area contributed by atoms with Crippen molar-refractivity contribution in [2.45, 2.75) is 102 Å².